The highest BCUT2D eigenvalue weighted by Gasteiger charge is 2.16. The van der Waals surface area contributed by atoms with Crippen LogP contribution in [0, 0.1) is 0 Å². The second-order valence-corrected chi connectivity index (χ2v) is 10.9. The summed E-state index contributed by atoms with van der Waals surface area (Å²) in [5.41, 5.74) is 0. The zero-order valence-electron chi connectivity index (χ0n) is 16.5. The summed E-state index contributed by atoms with van der Waals surface area (Å²) in [5, 5.41) is 9.52. The average Bonchev–Trinajstić information content (AvgIpc) is 2.59. The lowest BCUT2D eigenvalue weighted by atomic mass is 10.0. The molecule has 0 saturated heterocycles. The van der Waals surface area contributed by atoms with Gasteiger partial charge in [0.25, 0.3) is 0 Å². The summed E-state index contributed by atoms with van der Waals surface area (Å²) in [6, 6.07) is 0. The standard InChI is InChI=1S/C19H40BrO5P/c1-2-3-4-5-6-7-8-9-10-11-12-13-14-15-16-24-17-19(21)18-25-26(20,22)23/h19,21H,2-18H2,1H3,(H,22,23). The fourth-order valence-electron chi connectivity index (χ4n) is 2.84. The summed E-state index contributed by atoms with van der Waals surface area (Å²) >= 11 is 2.50. The molecule has 2 atom stereocenters. The third-order valence-electron chi connectivity index (χ3n) is 4.38. The van der Waals surface area contributed by atoms with E-state index in [4.69, 9.17) is 9.63 Å². The van der Waals surface area contributed by atoms with Gasteiger partial charge in [-0.15, -0.1) is 0 Å². The van der Waals surface area contributed by atoms with Gasteiger partial charge >= 0.3 is 6.30 Å². The molecule has 0 aliphatic carbocycles. The van der Waals surface area contributed by atoms with Crippen molar-refractivity contribution in [2.24, 2.45) is 0 Å². The van der Waals surface area contributed by atoms with Crippen LogP contribution in [-0.2, 0) is 13.8 Å². The Balaban J connectivity index is 3.14. The normalized spacial score (nSPS) is 15.1. The minimum absolute atomic E-state index is 0.130. The van der Waals surface area contributed by atoms with Crippen LogP contribution in [0.1, 0.15) is 96.8 Å². The lowest BCUT2D eigenvalue weighted by molar-refractivity contribution is 0.0101. The maximum atomic E-state index is 10.8. The van der Waals surface area contributed by atoms with Crippen LogP contribution in [0.4, 0.5) is 0 Å². The lowest BCUT2D eigenvalue weighted by Gasteiger charge is -2.12. The average molecular weight is 459 g/mol. The fraction of sp³-hybridized carbons (Fsp3) is 1.00. The zero-order valence-corrected chi connectivity index (χ0v) is 19.0. The van der Waals surface area contributed by atoms with E-state index in [0.717, 1.165) is 12.8 Å². The molecule has 0 aliphatic rings. The molecule has 158 valence electrons. The molecule has 5 nitrogen and oxygen atoms in total. The Kier molecular flexibility index (Phi) is 19.3. The molecule has 2 unspecified atom stereocenters. The van der Waals surface area contributed by atoms with Gasteiger partial charge in [-0.3, -0.25) is 4.52 Å². The van der Waals surface area contributed by atoms with E-state index in [1.807, 2.05) is 0 Å². The van der Waals surface area contributed by atoms with E-state index < -0.39 is 12.4 Å². The van der Waals surface area contributed by atoms with E-state index in [1.165, 1.54) is 77.0 Å². The molecular formula is C19H40BrO5P. The molecule has 0 aliphatic heterocycles. The van der Waals surface area contributed by atoms with Gasteiger partial charge in [0.05, 0.1) is 13.2 Å². The number of hydrogen-bond acceptors (Lipinski definition) is 4. The fourth-order valence-corrected chi connectivity index (χ4v) is 3.55. The Morgan fingerprint density at radius 2 is 1.23 bits per heavy atom. The minimum atomic E-state index is -3.70. The molecule has 0 bridgehead atoms. The van der Waals surface area contributed by atoms with Crippen molar-refractivity contribution in [3.8, 4) is 0 Å². The number of unbranched alkanes of at least 4 members (excludes halogenated alkanes) is 13. The predicted octanol–water partition coefficient (Wildman–Crippen LogP) is 6.36. The van der Waals surface area contributed by atoms with Crippen LogP contribution in [0.25, 0.3) is 0 Å². The van der Waals surface area contributed by atoms with E-state index in [1.54, 1.807) is 0 Å². The summed E-state index contributed by atoms with van der Waals surface area (Å²) in [7, 11) is 0. The molecular weight excluding hydrogens is 419 g/mol. The quantitative estimate of drug-likeness (QED) is 0.164. The van der Waals surface area contributed by atoms with Crippen molar-refractivity contribution in [3.05, 3.63) is 0 Å². The van der Waals surface area contributed by atoms with Crippen LogP contribution in [-0.4, -0.2) is 35.9 Å². The number of aliphatic hydroxyl groups is 1. The molecule has 0 aromatic rings. The molecule has 0 amide bonds. The predicted molar refractivity (Wildman–Crippen MR) is 112 cm³/mol. The summed E-state index contributed by atoms with van der Waals surface area (Å²) < 4.78 is 20.8. The van der Waals surface area contributed by atoms with Crippen molar-refractivity contribution in [3.63, 3.8) is 0 Å². The van der Waals surface area contributed by atoms with E-state index in [9.17, 15) is 9.67 Å². The Morgan fingerprint density at radius 3 is 1.65 bits per heavy atom. The van der Waals surface area contributed by atoms with Crippen LogP contribution in [0.3, 0.4) is 0 Å². The maximum Gasteiger partial charge on any atom is 0.393 e. The summed E-state index contributed by atoms with van der Waals surface area (Å²) in [5.74, 6) is 0. The molecule has 0 saturated carbocycles. The number of ether oxygens (including phenoxy) is 1. The summed E-state index contributed by atoms with van der Waals surface area (Å²) in [4.78, 5) is 8.88. The highest BCUT2D eigenvalue weighted by Crippen LogP contribution is 2.50. The van der Waals surface area contributed by atoms with Crippen molar-refractivity contribution in [1.29, 1.82) is 0 Å². The molecule has 0 fully saturated rings. The van der Waals surface area contributed by atoms with Gasteiger partial charge in [-0.05, 0) is 6.42 Å². The monoisotopic (exact) mass is 458 g/mol. The van der Waals surface area contributed by atoms with Crippen molar-refractivity contribution in [2.45, 2.75) is 103 Å². The first kappa shape index (κ1) is 26.6. The topological polar surface area (TPSA) is 76.0 Å². The van der Waals surface area contributed by atoms with Crippen LogP contribution in [0.2, 0.25) is 0 Å². The van der Waals surface area contributed by atoms with E-state index >= 15 is 0 Å². The SMILES string of the molecule is CCCCCCCCCCCCCCCCOCC(O)COP(=O)(O)Br. The maximum absolute atomic E-state index is 10.8. The Hall–Kier alpha value is 0.550. The first-order valence-corrected chi connectivity index (χ1v) is 14.0. The Morgan fingerprint density at radius 1 is 0.808 bits per heavy atom. The molecule has 0 heterocycles. The molecule has 26 heavy (non-hydrogen) atoms. The van der Waals surface area contributed by atoms with Gasteiger partial charge in [-0.25, -0.2) is 4.57 Å². The van der Waals surface area contributed by atoms with Crippen LogP contribution in [0.5, 0.6) is 0 Å². The number of aliphatic hydroxyl groups excluding tert-OH is 1. The number of halogens is 1. The van der Waals surface area contributed by atoms with Gasteiger partial charge in [0.2, 0.25) is 0 Å². The first-order valence-electron chi connectivity index (χ1n) is 10.4. The second-order valence-electron chi connectivity index (χ2n) is 7.07. The third kappa shape index (κ3) is 22.6. The van der Waals surface area contributed by atoms with Crippen LogP contribution >= 0.6 is 21.8 Å². The molecule has 0 radical (unpaired) electrons. The molecule has 0 aromatic heterocycles. The smallest absolute Gasteiger partial charge is 0.388 e. The Labute approximate surface area is 168 Å². The van der Waals surface area contributed by atoms with Crippen molar-refractivity contribution in [2.75, 3.05) is 19.8 Å². The summed E-state index contributed by atoms with van der Waals surface area (Å²) in [6.07, 6.45) is 13.9. The Bertz CT molecular complexity index is 338. The highest BCUT2D eigenvalue weighted by atomic mass is 79.9. The van der Waals surface area contributed by atoms with Crippen molar-refractivity contribution >= 4 is 21.8 Å². The largest absolute Gasteiger partial charge is 0.393 e. The number of hydrogen-bond donors (Lipinski definition) is 2. The van der Waals surface area contributed by atoms with Gasteiger partial charge in [0, 0.05) is 22.1 Å². The van der Waals surface area contributed by atoms with E-state index in [-0.39, 0.29) is 13.2 Å². The zero-order chi connectivity index (χ0) is 19.5. The van der Waals surface area contributed by atoms with E-state index in [0.29, 0.717) is 6.61 Å². The minimum Gasteiger partial charge on any atom is -0.388 e. The highest BCUT2D eigenvalue weighted by molar-refractivity contribution is 9.39. The van der Waals surface area contributed by atoms with Crippen molar-refractivity contribution < 1.29 is 23.8 Å². The van der Waals surface area contributed by atoms with Gasteiger partial charge in [-0.1, -0.05) is 90.4 Å². The van der Waals surface area contributed by atoms with Crippen LogP contribution < -0.4 is 0 Å². The molecule has 2 N–H and O–H groups in total. The van der Waals surface area contributed by atoms with Gasteiger partial charge in [0.1, 0.15) is 6.10 Å². The molecule has 0 spiro atoms. The first-order chi connectivity index (χ1) is 12.5. The second kappa shape index (κ2) is 18.9. The molecule has 0 aromatic carbocycles. The lowest BCUT2D eigenvalue weighted by Crippen LogP contribution is -2.21. The van der Waals surface area contributed by atoms with Crippen molar-refractivity contribution in [1.82, 2.24) is 0 Å². The third-order valence-corrected chi connectivity index (χ3v) is 5.46. The van der Waals surface area contributed by atoms with Crippen LogP contribution in [0.15, 0.2) is 0 Å². The molecule has 0 rings (SSSR count). The van der Waals surface area contributed by atoms with Gasteiger partial charge < -0.3 is 14.7 Å². The van der Waals surface area contributed by atoms with Gasteiger partial charge in [0.15, 0.2) is 0 Å². The summed E-state index contributed by atoms with van der Waals surface area (Å²) in [6.45, 7) is 2.79. The van der Waals surface area contributed by atoms with E-state index in [2.05, 4.69) is 26.9 Å². The molecule has 7 heteroatoms. The van der Waals surface area contributed by atoms with Gasteiger partial charge in [-0.2, -0.15) is 0 Å². The number of rotatable bonds is 20.